The van der Waals surface area contributed by atoms with Gasteiger partial charge in [-0.05, 0) is 12.8 Å². The average molecular weight is 270 g/mol. The first-order chi connectivity index (χ1) is 7.12. The topological polar surface area (TPSA) is 0 Å². The van der Waals surface area contributed by atoms with E-state index in [0.717, 1.165) is 16.9 Å². The van der Waals surface area contributed by atoms with Gasteiger partial charge in [-0.25, -0.2) is 0 Å². The number of alkyl halides is 1. The Morgan fingerprint density at radius 1 is 0.812 bits per heavy atom. The van der Waals surface area contributed by atoms with Crippen LogP contribution in [0.25, 0.3) is 0 Å². The number of hydrogen-bond acceptors (Lipinski definition) is 0. The van der Waals surface area contributed by atoms with Gasteiger partial charge in [0.05, 0.1) is 33.1 Å². The maximum absolute atomic E-state index is 5.77. The molecule has 16 heavy (non-hydrogen) atoms. The summed E-state index contributed by atoms with van der Waals surface area (Å²) in [5.41, 5.74) is 0. The van der Waals surface area contributed by atoms with E-state index in [1.54, 1.807) is 0 Å². The van der Waals surface area contributed by atoms with Crippen LogP contribution < -0.4 is 12.4 Å². The van der Waals surface area contributed by atoms with Gasteiger partial charge in [0.1, 0.15) is 0 Å². The Labute approximate surface area is 114 Å². The number of nitrogens with zero attached hydrogens (tertiary/aromatic N) is 1. The van der Waals surface area contributed by atoms with Crippen LogP contribution in [0.2, 0.25) is 0 Å². The highest BCUT2D eigenvalue weighted by molar-refractivity contribution is 6.17. The zero-order valence-electron chi connectivity index (χ0n) is 11.3. The van der Waals surface area contributed by atoms with Crippen LogP contribution in [0.5, 0.6) is 0 Å². The molecule has 0 heterocycles. The highest BCUT2D eigenvalue weighted by atomic mass is 35.5. The summed E-state index contributed by atoms with van der Waals surface area (Å²) in [5.74, 6) is 0.781. The summed E-state index contributed by atoms with van der Waals surface area (Å²) in [6.45, 7) is 4.64. The van der Waals surface area contributed by atoms with Crippen LogP contribution in [0.4, 0.5) is 0 Å². The first-order valence-electron chi connectivity index (χ1n) is 6.50. The van der Waals surface area contributed by atoms with Crippen LogP contribution in [-0.2, 0) is 0 Å². The van der Waals surface area contributed by atoms with Gasteiger partial charge < -0.3 is 16.9 Å². The number of halogens is 2. The van der Waals surface area contributed by atoms with Gasteiger partial charge in [0.15, 0.2) is 0 Å². The quantitative estimate of drug-likeness (QED) is 0.316. The number of quaternary nitrogens is 1. The van der Waals surface area contributed by atoms with Crippen molar-refractivity contribution in [2.45, 2.75) is 51.9 Å². The van der Waals surface area contributed by atoms with E-state index >= 15 is 0 Å². The maximum atomic E-state index is 5.77. The van der Waals surface area contributed by atoms with Crippen molar-refractivity contribution in [1.29, 1.82) is 0 Å². The maximum Gasteiger partial charge on any atom is 0.0920 e. The van der Waals surface area contributed by atoms with Gasteiger partial charge in [0.25, 0.3) is 0 Å². The fourth-order valence-corrected chi connectivity index (χ4v) is 2.30. The average Bonchev–Trinajstić information content (AvgIpc) is 2.16. The molecule has 0 saturated heterocycles. The summed E-state index contributed by atoms with van der Waals surface area (Å²) in [5, 5.41) is 0. The van der Waals surface area contributed by atoms with Crippen LogP contribution in [-0.4, -0.2) is 37.5 Å². The van der Waals surface area contributed by atoms with Crippen LogP contribution in [0.1, 0.15) is 51.9 Å². The molecule has 0 aliphatic heterocycles. The van der Waals surface area contributed by atoms with Crippen molar-refractivity contribution in [3.05, 3.63) is 0 Å². The molecule has 0 aliphatic carbocycles. The summed E-state index contributed by atoms with van der Waals surface area (Å²) < 4.78 is 1.08. The first kappa shape index (κ1) is 18.9. The molecule has 0 unspecified atom stereocenters. The van der Waals surface area contributed by atoms with Crippen molar-refractivity contribution in [3.63, 3.8) is 0 Å². The molecule has 0 aromatic heterocycles. The Balaban J connectivity index is 0. The lowest BCUT2D eigenvalue weighted by Gasteiger charge is -2.28. The van der Waals surface area contributed by atoms with Crippen LogP contribution in [0.3, 0.4) is 0 Å². The highest BCUT2D eigenvalue weighted by Gasteiger charge is 2.12. The molecule has 0 atom stereocenters. The van der Waals surface area contributed by atoms with E-state index in [1.807, 2.05) is 0 Å². The normalized spacial score (nSPS) is 11.2. The van der Waals surface area contributed by atoms with E-state index in [4.69, 9.17) is 11.6 Å². The molecule has 0 bridgehead atoms. The predicted molar refractivity (Wildman–Crippen MR) is 70.6 cm³/mol. The molecule has 0 spiro atoms. The lowest BCUT2D eigenvalue weighted by Crippen LogP contribution is -3.00. The second-order valence-electron chi connectivity index (χ2n) is 5.19. The smallest absolute Gasteiger partial charge is 0.0920 e. The molecular weight excluding hydrogens is 241 g/mol. The minimum Gasteiger partial charge on any atom is -1.00 e. The molecule has 0 radical (unpaired) electrons. The summed E-state index contributed by atoms with van der Waals surface area (Å²) in [7, 11) is 4.55. The van der Waals surface area contributed by atoms with E-state index in [-0.39, 0.29) is 12.4 Å². The molecule has 0 aromatic carbocycles. The Bertz CT molecular complexity index is 138. The van der Waals surface area contributed by atoms with E-state index in [0.29, 0.717) is 0 Å². The minimum atomic E-state index is 0. The molecule has 0 N–H and O–H groups in total. The first-order valence-corrected chi connectivity index (χ1v) is 7.04. The summed E-state index contributed by atoms with van der Waals surface area (Å²) in [6.07, 6.45) is 9.78. The van der Waals surface area contributed by atoms with Gasteiger partial charge in [0.2, 0.25) is 0 Å². The molecule has 0 fully saturated rings. The van der Waals surface area contributed by atoms with Crippen molar-refractivity contribution in [1.82, 2.24) is 0 Å². The fourth-order valence-electron chi connectivity index (χ4n) is 1.84. The third kappa shape index (κ3) is 12.6. The third-order valence-corrected chi connectivity index (χ3v) is 3.23. The molecule has 100 valence electrons. The van der Waals surface area contributed by atoms with E-state index in [1.165, 1.54) is 51.5 Å². The van der Waals surface area contributed by atoms with E-state index in [9.17, 15) is 0 Å². The zero-order valence-corrected chi connectivity index (χ0v) is 12.8. The van der Waals surface area contributed by atoms with Crippen molar-refractivity contribution in [3.8, 4) is 0 Å². The Kier molecular flexibility index (Phi) is 14.2. The van der Waals surface area contributed by atoms with Gasteiger partial charge >= 0.3 is 0 Å². The molecule has 0 amide bonds. The SMILES string of the molecule is CCCCCCCCC[N+](C)(C)CCCl.[Cl-]. The lowest BCUT2D eigenvalue weighted by atomic mass is 10.1. The largest absolute Gasteiger partial charge is 1.00 e. The van der Waals surface area contributed by atoms with E-state index < -0.39 is 0 Å². The van der Waals surface area contributed by atoms with Crippen molar-refractivity contribution in [2.75, 3.05) is 33.1 Å². The second-order valence-corrected chi connectivity index (χ2v) is 5.57. The lowest BCUT2D eigenvalue weighted by molar-refractivity contribution is -0.888. The summed E-state index contributed by atoms with van der Waals surface area (Å²) in [6, 6.07) is 0. The molecule has 3 heteroatoms. The standard InChI is InChI=1S/C13H29ClN.ClH/c1-4-5-6-7-8-9-10-12-15(2,3)13-11-14;/h4-13H2,1-3H3;1H/q+1;/p-1. The van der Waals surface area contributed by atoms with Crippen LogP contribution >= 0.6 is 11.6 Å². The Hall–Kier alpha value is 0.540. The zero-order chi connectivity index (χ0) is 11.6. The highest BCUT2D eigenvalue weighted by Crippen LogP contribution is 2.09. The van der Waals surface area contributed by atoms with Gasteiger partial charge in [-0.15, -0.1) is 11.6 Å². The van der Waals surface area contributed by atoms with Crippen molar-refractivity contribution >= 4 is 11.6 Å². The van der Waals surface area contributed by atoms with Crippen LogP contribution in [0, 0.1) is 0 Å². The molecule has 0 saturated carbocycles. The second kappa shape index (κ2) is 12.0. The minimum absolute atomic E-state index is 0. The van der Waals surface area contributed by atoms with Gasteiger partial charge in [-0.2, -0.15) is 0 Å². The van der Waals surface area contributed by atoms with Crippen LogP contribution in [0.15, 0.2) is 0 Å². The van der Waals surface area contributed by atoms with Crippen molar-refractivity contribution in [2.24, 2.45) is 0 Å². The molecular formula is C13H29Cl2N. The predicted octanol–water partition coefficient (Wildman–Crippen LogP) is 1.06. The summed E-state index contributed by atoms with van der Waals surface area (Å²) >= 11 is 5.77. The van der Waals surface area contributed by atoms with Crippen molar-refractivity contribution < 1.29 is 16.9 Å². The Morgan fingerprint density at radius 3 is 1.81 bits per heavy atom. The third-order valence-electron chi connectivity index (χ3n) is 3.06. The van der Waals surface area contributed by atoms with Gasteiger partial charge in [0, 0.05) is 0 Å². The number of unbranched alkanes of at least 4 members (excludes halogenated alkanes) is 6. The van der Waals surface area contributed by atoms with E-state index in [2.05, 4.69) is 21.0 Å². The molecule has 0 aliphatic rings. The molecule has 0 aromatic rings. The number of hydrogen-bond donors (Lipinski definition) is 0. The van der Waals surface area contributed by atoms with Gasteiger partial charge in [-0.1, -0.05) is 39.0 Å². The molecule has 0 rings (SSSR count). The fraction of sp³-hybridized carbons (Fsp3) is 1.00. The Morgan fingerprint density at radius 2 is 1.31 bits per heavy atom. The molecule has 1 nitrogen and oxygen atoms in total. The number of rotatable bonds is 10. The van der Waals surface area contributed by atoms with Gasteiger partial charge in [-0.3, -0.25) is 0 Å². The monoisotopic (exact) mass is 269 g/mol. The summed E-state index contributed by atoms with van der Waals surface area (Å²) in [4.78, 5) is 0.